The van der Waals surface area contributed by atoms with Gasteiger partial charge in [0.1, 0.15) is 23.9 Å². The average molecular weight is 255 g/mol. The molecular formula is C13H19O3S+. The van der Waals surface area contributed by atoms with Gasteiger partial charge >= 0.3 is 6.16 Å². The van der Waals surface area contributed by atoms with Crippen LogP contribution >= 0.6 is 0 Å². The Kier molecular flexibility index (Phi) is 4.46. The van der Waals surface area contributed by atoms with Crippen LogP contribution in [0.3, 0.4) is 0 Å². The monoisotopic (exact) mass is 255 g/mol. The molecule has 0 saturated carbocycles. The van der Waals surface area contributed by atoms with Crippen molar-refractivity contribution in [1.29, 1.82) is 0 Å². The zero-order valence-electron chi connectivity index (χ0n) is 10.9. The summed E-state index contributed by atoms with van der Waals surface area (Å²) < 4.78 is 10.1. The van der Waals surface area contributed by atoms with E-state index < -0.39 is 11.8 Å². The summed E-state index contributed by atoms with van der Waals surface area (Å²) in [7, 11) is 0.212. The van der Waals surface area contributed by atoms with Gasteiger partial charge in [-0.25, -0.2) is 4.79 Å². The van der Waals surface area contributed by atoms with E-state index in [0.717, 1.165) is 0 Å². The molecule has 0 radical (unpaired) electrons. The molecule has 17 heavy (non-hydrogen) atoms. The molecule has 1 rings (SSSR count). The molecule has 4 heteroatoms. The molecule has 1 aromatic rings. The number of benzene rings is 1. The molecule has 3 nitrogen and oxygen atoms in total. The number of carbonyl (C=O) groups excluding carboxylic acids is 1. The van der Waals surface area contributed by atoms with Gasteiger partial charge in [0.25, 0.3) is 0 Å². The van der Waals surface area contributed by atoms with E-state index in [4.69, 9.17) is 9.47 Å². The summed E-state index contributed by atoms with van der Waals surface area (Å²) in [5, 5.41) is 0. The first-order valence-corrected chi connectivity index (χ1v) is 7.40. The van der Waals surface area contributed by atoms with Crippen LogP contribution in [0.15, 0.2) is 29.2 Å². The van der Waals surface area contributed by atoms with Gasteiger partial charge in [0.15, 0.2) is 4.90 Å². The highest BCUT2D eigenvalue weighted by Crippen LogP contribution is 2.17. The second-order valence-corrected chi connectivity index (χ2v) is 6.96. The van der Waals surface area contributed by atoms with Gasteiger partial charge in [-0.15, -0.1) is 0 Å². The largest absolute Gasteiger partial charge is 0.514 e. The van der Waals surface area contributed by atoms with Crippen molar-refractivity contribution >= 4 is 17.1 Å². The van der Waals surface area contributed by atoms with Crippen LogP contribution in [-0.4, -0.2) is 24.3 Å². The smallest absolute Gasteiger partial charge is 0.428 e. The summed E-state index contributed by atoms with van der Waals surface area (Å²) in [6, 6.07) is 7.49. The normalized spacial score (nSPS) is 11.4. The lowest BCUT2D eigenvalue weighted by molar-refractivity contribution is 0.0206. The van der Waals surface area contributed by atoms with Crippen molar-refractivity contribution in [2.45, 2.75) is 31.3 Å². The summed E-state index contributed by atoms with van der Waals surface area (Å²) in [5.74, 6) is 0.508. The first-order chi connectivity index (χ1) is 7.78. The molecule has 0 saturated heterocycles. The van der Waals surface area contributed by atoms with Crippen molar-refractivity contribution in [3.63, 3.8) is 0 Å². The molecule has 0 aromatic heterocycles. The van der Waals surface area contributed by atoms with Crippen molar-refractivity contribution < 1.29 is 14.3 Å². The third-order valence-electron chi connectivity index (χ3n) is 1.89. The van der Waals surface area contributed by atoms with Crippen molar-refractivity contribution in [3.05, 3.63) is 24.3 Å². The van der Waals surface area contributed by atoms with E-state index >= 15 is 0 Å². The van der Waals surface area contributed by atoms with Gasteiger partial charge in [0.2, 0.25) is 0 Å². The van der Waals surface area contributed by atoms with E-state index in [1.165, 1.54) is 4.90 Å². The van der Waals surface area contributed by atoms with Gasteiger partial charge in [0, 0.05) is 10.9 Å². The van der Waals surface area contributed by atoms with Crippen molar-refractivity contribution in [1.82, 2.24) is 0 Å². The second kappa shape index (κ2) is 5.45. The topological polar surface area (TPSA) is 35.5 Å². The van der Waals surface area contributed by atoms with Crippen LogP contribution in [0.5, 0.6) is 5.75 Å². The Labute approximate surface area is 105 Å². The van der Waals surface area contributed by atoms with Gasteiger partial charge in [-0.2, -0.15) is 0 Å². The maximum Gasteiger partial charge on any atom is 0.514 e. The average Bonchev–Trinajstić information content (AvgIpc) is 2.15. The lowest BCUT2D eigenvalue weighted by Crippen LogP contribution is -2.25. The lowest BCUT2D eigenvalue weighted by Gasteiger charge is -2.18. The van der Waals surface area contributed by atoms with Crippen molar-refractivity contribution in [2.75, 3.05) is 12.5 Å². The lowest BCUT2D eigenvalue weighted by atomic mass is 10.2. The molecular weight excluding hydrogens is 236 g/mol. The standard InChI is InChI=1S/C13H19O3S/c1-13(2,3)16-12(14)15-10-6-8-11(9-7-10)17(4)5/h6-9H,1-5H3/q+1. The van der Waals surface area contributed by atoms with Gasteiger partial charge in [-0.1, -0.05) is 0 Å². The van der Waals surface area contributed by atoms with Crippen molar-refractivity contribution in [2.24, 2.45) is 0 Å². The number of hydrogen-bond donors (Lipinski definition) is 0. The minimum absolute atomic E-state index is 0.212. The zero-order chi connectivity index (χ0) is 13.1. The van der Waals surface area contributed by atoms with Crippen LogP contribution in [0.25, 0.3) is 0 Å². The summed E-state index contributed by atoms with van der Waals surface area (Å²) in [6.07, 6.45) is 3.62. The minimum Gasteiger partial charge on any atom is -0.428 e. The zero-order valence-corrected chi connectivity index (χ0v) is 11.8. The third-order valence-corrected chi connectivity index (χ3v) is 3.10. The van der Waals surface area contributed by atoms with Crippen molar-refractivity contribution in [3.8, 4) is 5.75 Å². The van der Waals surface area contributed by atoms with Crippen LogP contribution < -0.4 is 4.74 Å². The summed E-state index contributed by atoms with van der Waals surface area (Å²) in [4.78, 5) is 12.6. The molecule has 0 amide bonds. The highest BCUT2D eigenvalue weighted by atomic mass is 32.2. The SMILES string of the molecule is C[S+](C)c1ccc(OC(=O)OC(C)(C)C)cc1. The predicted octanol–water partition coefficient (Wildman–Crippen LogP) is 3.24. The summed E-state index contributed by atoms with van der Waals surface area (Å²) >= 11 is 0. The Bertz CT molecular complexity index is 377. The van der Waals surface area contributed by atoms with E-state index in [9.17, 15) is 4.79 Å². The third kappa shape index (κ3) is 5.13. The fourth-order valence-corrected chi connectivity index (χ4v) is 1.83. The van der Waals surface area contributed by atoms with Crippen LogP contribution in [0.1, 0.15) is 20.8 Å². The molecule has 0 aliphatic heterocycles. The van der Waals surface area contributed by atoms with Gasteiger partial charge in [-0.3, -0.25) is 0 Å². The Morgan fingerprint density at radius 3 is 2.06 bits per heavy atom. The van der Waals surface area contributed by atoms with Crippen LogP contribution in [0.4, 0.5) is 4.79 Å². The molecule has 94 valence electrons. The van der Waals surface area contributed by atoms with Gasteiger partial charge in [0.05, 0.1) is 0 Å². The number of hydrogen-bond acceptors (Lipinski definition) is 3. The maximum atomic E-state index is 11.4. The van der Waals surface area contributed by atoms with E-state index in [1.807, 2.05) is 12.1 Å². The van der Waals surface area contributed by atoms with Crippen LogP contribution in [0, 0.1) is 0 Å². The fourth-order valence-electron chi connectivity index (χ4n) is 1.15. The highest BCUT2D eigenvalue weighted by Gasteiger charge is 2.18. The Hall–Kier alpha value is -1.16. The Balaban J connectivity index is 2.61. The second-order valence-electron chi connectivity index (χ2n) is 4.85. The first kappa shape index (κ1) is 13.9. The molecule has 0 heterocycles. The van der Waals surface area contributed by atoms with Gasteiger partial charge < -0.3 is 9.47 Å². The number of carbonyl (C=O) groups is 1. The molecule has 1 aromatic carbocycles. The Morgan fingerprint density at radius 2 is 1.65 bits per heavy atom. The van der Waals surface area contributed by atoms with E-state index in [1.54, 1.807) is 32.9 Å². The van der Waals surface area contributed by atoms with Gasteiger partial charge in [-0.05, 0) is 45.0 Å². The van der Waals surface area contributed by atoms with Crippen LogP contribution in [-0.2, 0) is 15.6 Å². The molecule has 0 atom stereocenters. The van der Waals surface area contributed by atoms with Crippen LogP contribution in [0.2, 0.25) is 0 Å². The maximum absolute atomic E-state index is 11.4. The molecule has 0 aliphatic rings. The number of ether oxygens (including phenoxy) is 2. The Morgan fingerprint density at radius 1 is 1.12 bits per heavy atom. The fraction of sp³-hybridized carbons (Fsp3) is 0.462. The predicted molar refractivity (Wildman–Crippen MR) is 70.8 cm³/mol. The first-order valence-electron chi connectivity index (χ1n) is 5.36. The van der Waals surface area contributed by atoms with E-state index in [0.29, 0.717) is 5.75 Å². The molecule has 0 bridgehead atoms. The summed E-state index contributed by atoms with van der Waals surface area (Å²) in [6.45, 7) is 5.41. The molecule has 0 fully saturated rings. The summed E-state index contributed by atoms with van der Waals surface area (Å²) in [5.41, 5.74) is -0.531. The minimum atomic E-state index is -0.669. The molecule has 0 aliphatic carbocycles. The van der Waals surface area contributed by atoms with E-state index in [2.05, 4.69) is 12.5 Å². The molecule has 0 N–H and O–H groups in total. The van der Waals surface area contributed by atoms with E-state index in [-0.39, 0.29) is 10.9 Å². The number of rotatable bonds is 2. The highest BCUT2D eigenvalue weighted by molar-refractivity contribution is 7.95. The molecule has 0 spiro atoms. The molecule has 0 unspecified atom stereocenters. The quantitative estimate of drug-likeness (QED) is 0.462.